The Morgan fingerprint density at radius 1 is 1.41 bits per heavy atom. The van der Waals surface area contributed by atoms with Crippen molar-refractivity contribution in [2.75, 3.05) is 6.54 Å². The largest absolute Gasteiger partial charge is 0.362 e. The summed E-state index contributed by atoms with van der Waals surface area (Å²) < 4.78 is 0. The van der Waals surface area contributed by atoms with Gasteiger partial charge in [0.2, 0.25) is 0 Å². The molecule has 1 amide bonds. The van der Waals surface area contributed by atoms with E-state index in [0.29, 0.717) is 16.6 Å². The first-order chi connectivity index (χ1) is 7.99. The molecular weight excluding hydrogens is 232 g/mol. The van der Waals surface area contributed by atoms with E-state index in [1.165, 1.54) is 0 Å². The zero-order valence-electron chi connectivity index (χ0n) is 10.4. The Morgan fingerprint density at radius 2 is 2.12 bits per heavy atom. The molecule has 0 unspecified atom stereocenters. The van der Waals surface area contributed by atoms with Gasteiger partial charge in [-0.15, -0.1) is 0 Å². The lowest BCUT2D eigenvalue weighted by molar-refractivity contribution is 0.0976. The molecule has 1 aromatic carbocycles. The van der Waals surface area contributed by atoms with Crippen LogP contribution in [0.1, 0.15) is 29.8 Å². The molecule has 0 aromatic heterocycles. The van der Waals surface area contributed by atoms with Gasteiger partial charge in [0, 0.05) is 12.1 Å². The number of carbonyl (C=O) groups is 1. The molecule has 2 N–H and O–H groups in total. The minimum absolute atomic E-state index is 0.171. The van der Waals surface area contributed by atoms with Gasteiger partial charge in [0.1, 0.15) is 0 Å². The van der Waals surface area contributed by atoms with Crippen LogP contribution in [0.15, 0.2) is 24.3 Å². The van der Waals surface area contributed by atoms with Crippen molar-refractivity contribution < 1.29 is 4.79 Å². The predicted molar refractivity (Wildman–Crippen MR) is 74.1 cm³/mol. The van der Waals surface area contributed by atoms with Gasteiger partial charge in [-0.3, -0.25) is 10.1 Å². The number of carbonyl (C=O) groups excluding carboxylic acids is 1. The summed E-state index contributed by atoms with van der Waals surface area (Å²) in [4.78, 5) is 11.8. The fourth-order valence-corrected chi connectivity index (χ4v) is 1.48. The number of thiocarbonyl (C=S) groups is 1. The number of rotatable bonds is 3. The summed E-state index contributed by atoms with van der Waals surface area (Å²) in [5.41, 5.74) is 1.68. The lowest BCUT2D eigenvalue weighted by atomic mass is 10.1. The van der Waals surface area contributed by atoms with E-state index < -0.39 is 0 Å². The molecule has 4 heteroatoms. The van der Waals surface area contributed by atoms with Crippen LogP contribution in [0.4, 0.5) is 0 Å². The summed E-state index contributed by atoms with van der Waals surface area (Å²) in [5.74, 6) is 0.318. The number of benzene rings is 1. The Kier molecular flexibility index (Phi) is 5.10. The van der Waals surface area contributed by atoms with Crippen molar-refractivity contribution in [2.24, 2.45) is 5.92 Å². The third kappa shape index (κ3) is 4.95. The highest BCUT2D eigenvalue weighted by Gasteiger charge is 2.07. The lowest BCUT2D eigenvalue weighted by Gasteiger charge is -2.11. The second kappa shape index (κ2) is 6.35. The highest BCUT2D eigenvalue weighted by molar-refractivity contribution is 7.80. The second-order valence-electron chi connectivity index (χ2n) is 4.43. The standard InChI is InChI=1S/C13H18N2OS/c1-9(2)8-14-13(17)15-12(16)11-6-4-5-10(3)7-11/h4-7,9H,8H2,1-3H3,(H2,14,15,16,17). The minimum Gasteiger partial charge on any atom is -0.362 e. The molecule has 0 saturated carbocycles. The van der Waals surface area contributed by atoms with Crippen molar-refractivity contribution in [1.82, 2.24) is 10.6 Å². The summed E-state index contributed by atoms with van der Waals surface area (Å²) in [5, 5.41) is 6.04. The van der Waals surface area contributed by atoms with E-state index in [4.69, 9.17) is 12.2 Å². The smallest absolute Gasteiger partial charge is 0.257 e. The molecule has 0 aliphatic carbocycles. The van der Waals surface area contributed by atoms with Crippen LogP contribution in [-0.4, -0.2) is 17.6 Å². The molecule has 1 aromatic rings. The molecule has 0 aliphatic heterocycles. The van der Waals surface area contributed by atoms with Gasteiger partial charge in [-0.25, -0.2) is 0 Å². The zero-order valence-corrected chi connectivity index (χ0v) is 11.2. The Hall–Kier alpha value is -1.42. The van der Waals surface area contributed by atoms with E-state index in [9.17, 15) is 4.79 Å². The molecule has 0 fully saturated rings. The summed E-state index contributed by atoms with van der Waals surface area (Å²) in [6.45, 7) is 6.87. The molecule has 0 heterocycles. The Morgan fingerprint density at radius 3 is 2.71 bits per heavy atom. The average Bonchev–Trinajstić information content (AvgIpc) is 2.26. The van der Waals surface area contributed by atoms with Crippen molar-refractivity contribution in [1.29, 1.82) is 0 Å². The number of hydrogen-bond donors (Lipinski definition) is 2. The van der Waals surface area contributed by atoms with Gasteiger partial charge in [-0.05, 0) is 37.2 Å². The van der Waals surface area contributed by atoms with E-state index >= 15 is 0 Å². The predicted octanol–water partition coefficient (Wildman–Crippen LogP) is 2.26. The minimum atomic E-state index is -0.171. The molecule has 17 heavy (non-hydrogen) atoms. The van der Waals surface area contributed by atoms with Gasteiger partial charge < -0.3 is 5.32 Å². The van der Waals surface area contributed by atoms with Gasteiger partial charge in [0.05, 0.1) is 0 Å². The molecule has 0 bridgehead atoms. The first-order valence-corrected chi connectivity index (χ1v) is 6.05. The van der Waals surface area contributed by atoms with E-state index in [2.05, 4.69) is 24.5 Å². The summed E-state index contributed by atoms with van der Waals surface area (Å²) in [6, 6.07) is 7.41. The Balaban J connectivity index is 2.52. The average molecular weight is 250 g/mol. The molecule has 0 atom stereocenters. The highest BCUT2D eigenvalue weighted by atomic mass is 32.1. The van der Waals surface area contributed by atoms with Gasteiger partial charge in [-0.2, -0.15) is 0 Å². The molecule has 0 saturated heterocycles. The van der Waals surface area contributed by atoms with E-state index in [0.717, 1.165) is 12.1 Å². The third-order valence-corrected chi connectivity index (χ3v) is 2.42. The fraction of sp³-hybridized carbons (Fsp3) is 0.385. The highest BCUT2D eigenvalue weighted by Crippen LogP contribution is 2.03. The lowest BCUT2D eigenvalue weighted by Crippen LogP contribution is -2.40. The third-order valence-electron chi connectivity index (χ3n) is 2.18. The number of aryl methyl sites for hydroxylation is 1. The SMILES string of the molecule is Cc1cccc(C(=O)NC(=S)NCC(C)C)c1. The quantitative estimate of drug-likeness (QED) is 0.809. The molecule has 1 rings (SSSR count). The maximum Gasteiger partial charge on any atom is 0.257 e. The molecule has 0 spiro atoms. The van der Waals surface area contributed by atoms with E-state index in [1.54, 1.807) is 6.07 Å². The zero-order chi connectivity index (χ0) is 12.8. The van der Waals surface area contributed by atoms with Crippen LogP contribution in [0.5, 0.6) is 0 Å². The molecule has 0 radical (unpaired) electrons. The second-order valence-corrected chi connectivity index (χ2v) is 4.84. The molecule has 3 nitrogen and oxygen atoms in total. The van der Waals surface area contributed by atoms with Crippen molar-refractivity contribution >= 4 is 23.2 Å². The van der Waals surface area contributed by atoms with Crippen LogP contribution >= 0.6 is 12.2 Å². The van der Waals surface area contributed by atoms with Crippen molar-refractivity contribution in [3.8, 4) is 0 Å². The van der Waals surface area contributed by atoms with Gasteiger partial charge in [0.25, 0.3) is 5.91 Å². The number of hydrogen-bond acceptors (Lipinski definition) is 2. The Bertz CT molecular complexity index is 416. The number of amides is 1. The first kappa shape index (κ1) is 13.6. The van der Waals surface area contributed by atoms with Crippen molar-refractivity contribution in [3.63, 3.8) is 0 Å². The Labute approximate surface area is 108 Å². The maximum absolute atomic E-state index is 11.8. The molecule has 0 aliphatic rings. The summed E-state index contributed by atoms with van der Waals surface area (Å²) in [6.07, 6.45) is 0. The van der Waals surface area contributed by atoms with Crippen molar-refractivity contribution in [3.05, 3.63) is 35.4 Å². The van der Waals surface area contributed by atoms with E-state index in [-0.39, 0.29) is 5.91 Å². The normalized spacial score (nSPS) is 10.1. The van der Waals surface area contributed by atoms with Gasteiger partial charge >= 0.3 is 0 Å². The van der Waals surface area contributed by atoms with Crippen LogP contribution in [0.3, 0.4) is 0 Å². The topological polar surface area (TPSA) is 41.1 Å². The van der Waals surface area contributed by atoms with Crippen LogP contribution in [-0.2, 0) is 0 Å². The number of nitrogens with one attached hydrogen (secondary N) is 2. The van der Waals surface area contributed by atoms with Crippen LogP contribution < -0.4 is 10.6 Å². The molecular formula is C13H18N2OS. The van der Waals surface area contributed by atoms with Crippen LogP contribution in [0.2, 0.25) is 0 Å². The summed E-state index contributed by atoms with van der Waals surface area (Å²) >= 11 is 5.04. The molecule has 92 valence electrons. The maximum atomic E-state index is 11.8. The first-order valence-electron chi connectivity index (χ1n) is 5.65. The van der Waals surface area contributed by atoms with Crippen LogP contribution in [0.25, 0.3) is 0 Å². The fourth-order valence-electron chi connectivity index (χ4n) is 1.30. The monoisotopic (exact) mass is 250 g/mol. The van der Waals surface area contributed by atoms with Gasteiger partial charge in [0.15, 0.2) is 5.11 Å². The van der Waals surface area contributed by atoms with Crippen LogP contribution in [0, 0.1) is 12.8 Å². The van der Waals surface area contributed by atoms with Gasteiger partial charge in [-0.1, -0.05) is 31.5 Å². The van der Waals surface area contributed by atoms with Crippen molar-refractivity contribution in [2.45, 2.75) is 20.8 Å². The summed E-state index contributed by atoms with van der Waals surface area (Å²) in [7, 11) is 0. The van der Waals surface area contributed by atoms with E-state index in [1.807, 2.05) is 25.1 Å².